The summed E-state index contributed by atoms with van der Waals surface area (Å²) < 4.78 is 7.80. The maximum absolute atomic E-state index is 5.76. The molecule has 4 heteroatoms. The lowest BCUT2D eigenvalue weighted by Crippen LogP contribution is -2.54. The second kappa shape index (κ2) is 4.91. The second-order valence-corrected chi connectivity index (χ2v) is 7.28. The summed E-state index contributed by atoms with van der Waals surface area (Å²) in [6.45, 7) is 15.9. The van der Waals surface area contributed by atoms with Gasteiger partial charge in [0.2, 0.25) is 0 Å². The van der Waals surface area contributed by atoms with Crippen molar-refractivity contribution in [2.45, 2.75) is 65.3 Å². The first kappa shape index (κ1) is 14.5. The van der Waals surface area contributed by atoms with Crippen LogP contribution in [0.3, 0.4) is 0 Å². The van der Waals surface area contributed by atoms with Crippen LogP contribution in [0.1, 0.15) is 47.1 Å². The minimum absolute atomic E-state index is 0.0477. The molecule has 0 saturated carbocycles. The van der Waals surface area contributed by atoms with E-state index in [0.29, 0.717) is 6.10 Å². The maximum Gasteiger partial charge on any atom is 0.0675 e. The van der Waals surface area contributed by atoms with E-state index in [9.17, 15) is 0 Å². The lowest BCUT2D eigenvalue weighted by Gasteiger charge is -2.44. The molecule has 0 N–H and O–H groups in total. The average Bonchev–Trinajstić information content (AvgIpc) is 2.72. The third kappa shape index (κ3) is 3.37. The van der Waals surface area contributed by atoms with E-state index in [-0.39, 0.29) is 11.1 Å². The molecular formula is C15H27N3O. The molecule has 1 saturated heterocycles. The van der Waals surface area contributed by atoms with E-state index in [1.807, 2.05) is 10.9 Å². The number of morpholine rings is 1. The van der Waals surface area contributed by atoms with Gasteiger partial charge in [-0.05, 0) is 41.5 Å². The van der Waals surface area contributed by atoms with Crippen LogP contribution in [0.2, 0.25) is 0 Å². The van der Waals surface area contributed by atoms with Gasteiger partial charge in [0.05, 0.1) is 24.4 Å². The zero-order valence-corrected chi connectivity index (χ0v) is 13.1. The molecule has 4 nitrogen and oxygen atoms in total. The van der Waals surface area contributed by atoms with Crippen molar-refractivity contribution >= 4 is 0 Å². The lowest BCUT2D eigenvalue weighted by atomic mass is 10.0. The van der Waals surface area contributed by atoms with Crippen LogP contribution in [0.15, 0.2) is 12.4 Å². The molecule has 19 heavy (non-hydrogen) atoms. The molecule has 1 aliphatic rings. The van der Waals surface area contributed by atoms with Crippen LogP contribution in [0.25, 0.3) is 0 Å². The number of hydrogen-bond acceptors (Lipinski definition) is 3. The molecule has 0 radical (unpaired) electrons. The topological polar surface area (TPSA) is 30.3 Å². The quantitative estimate of drug-likeness (QED) is 0.823. The first-order chi connectivity index (χ1) is 8.68. The first-order valence-corrected chi connectivity index (χ1v) is 7.09. The highest BCUT2D eigenvalue weighted by atomic mass is 16.5. The van der Waals surface area contributed by atoms with Gasteiger partial charge in [-0.25, -0.2) is 0 Å². The molecule has 1 aromatic heterocycles. The van der Waals surface area contributed by atoms with Crippen LogP contribution in [0.4, 0.5) is 0 Å². The SMILES string of the molecule is CC1CN(Cc2cnn(C(C)(C)C)c2)C(C)(C)CO1. The second-order valence-electron chi connectivity index (χ2n) is 7.28. The molecule has 2 heterocycles. The highest BCUT2D eigenvalue weighted by molar-refractivity contribution is 5.07. The lowest BCUT2D eigenvalue weighted by molar-refractivity contribution is -0.0949. The molecule has 1 atom stereocenters. The fourth-order valence-corrected chi connectivity index (χ4v) is 2.36. The molecule has 0 bridgehead atoms. The summed E-state index contributed by atoms with van der Waals surface area (Å²) in [5.41, 5.74) is 1.42. The number of hydrogen-bond donors (Lipinski definition) is 0. The Morgan fingerprint density at radius 2 is 2.11 bits per heavy atom. The van der Waals surface area contributed by atoms with Gasteiger partial charge < -0.3 is 4.74 Å². The molecular weight excluding hydrogens is 238 g/mol. The van der Waals surface area contributed by atoms with Gasteiger partial charge in [0.25, 0.3) is 0 Å². The van der Waals surface area contributed by atoms with E-state index >= 15 is 0 Å². The van der Waals surface area contributed by atoms with Crippen molar-refractivity contribution < 1.29 is 4.74 Å². The minimum Gasteiger partial charge on any atom is -0.375 e. The summed E-state index contributed by atoms with van der Waals surface area (Å²) in [5, 5.41) is 4.48. The highest BCUT2D eigenvalue weighted by Crippen LogP contribution is 2.24. The Kier molecular flexibility index (Phi) is 3.76. The summed E-state index contributed by atoms with van der Waals surface area (Å²) in [4.78, 5) is 2.49. The van der Waals surface area contributed by atoms with Crippen LogP contribution in [-0.2, 0) is 16.8 Å². The van der Waals surface area contributed by atoms with Gasteiger partial charge in [-0.3, -0.25) is 9.58 Å². The summed E-state index contributed by atoms with van der Waals surface area (Å²) in [6.07, 6.45) is 4.46. The molecule has 108 valence electrons. The number of ether oxygens (including phenoxy) is 1. The molecule has 1 fully saturated rings. The third-order valence-electron chi connectivity index (χ3n) is 3.75. The molecule has 0 amide bonds. The van der Waals surface area contributed by atoms with Crippen molar-refractivity contribution in [2.75, 3.05) is 13.2 Å². The van der Waals surface area contributed by atoms with Gasteiger partial charge in [0.1, 0.15) is 0 Å². The van der Waals surface area contributed by atoms with Crippen molar-refractivity contribution in [3.8, 4) is 0 Å². The minimum atomic E-state index is 0.0477. The zero-order valence-electron chi connectivity index (χ0n) is 13.1. The van der Waals surface area contributed by atoms with Crippen molar-refractivity contribution in [3.63, 3.8) is 0 Å². The molecule has 1 aromatic rings. The van der Waals surface area contributed by atoms with E-state index in [0.717, 1.165) is 19.7 Å². The van der Waals surface area contributed by atoms with Crippen LogP contribution in [0, 0.1) is 0 Å². The average molecular weight is 265 g/mol. The third-order valence-corrected chi connectivity index (χ3v) is 3.75. The molecule has 0 aromatic carbocycles. The molecule has 0 spiro atoms. The van der Waals surface area contributed by atoms with Gasteiger partial charge in [-0.2, -0.15) is 5.10 Å². The predicted molar refractivity (Wildman–Crippen MR) is 77.1 cm³/mol. The Morgan fingerprint density at radius 3 is 2.68 bits per heavy atom. The van der Waals surface area contributed by atoms with Gasteiger partial charge in [0, 0.05) is 30.4 Å². The van der Waals surface area contributed by atoms with E-state index in [2.05, 4.69) is 57.7 Å². The van der Waals surface area contributed by atoms with Gasteiger partial charge in [-0.1, -0.05) is 0 Å². The molecule has 0 aliphatic carbocycles. The van der Waals surface area contributed by atoms with E-state index in [4.69, 9.17) is 4.74 Å². The molecule has 1 aliphatic heterocycles. The summed E-state index contributed by atoms with van der Waals surface area (Å²) >= 11 is 0. The van der Waals surface area contributed by atoms with Crippen molar-refractivity contribution in [3.05, 3.63) is 18.0 Å². The summed E-state index contributed by atoms with van der Waals surface area (Å²) in [6, 6.07) is 0. The number of nitrogens with zero attached hydrogens (tertiary/aromatic N) is 3. The van der Waals surface area contributed by atoms with E-state index in [1.165, 1.54) is 5.56 Å². The van der Waals surface area contributed by atoms with Crippen molar-refractivity contribution in [1.29, 1.82) is 0 Å². The Labute approximate surface area is 116 Å². The molecule has 1 unspecified atom stereocenters. The summed E-state index contributed by atoms with van der Waals surface area (Å²) in [5.74, 6) is 0. The normalized spacial score (nSPS) is 24.6. The first-order valence-electron chi connectivity index (χ1n) is 7.09. The monoisotopic (exact) mass is 265 g/mol. The Balaban J connectivity index is 2.09. The Hall–Kier alpha value is -0.870. The predicted octanol–water partition coefficient (Wildman–Crippen LogP) is 2.64. The Morgan fingerprint density at radius 1 is 1.42 bits per heavy atom. The van der Waals surface area contributed by atoms with Crippen molar-refractivity contribution in [2.24, 2.45) is 0 Å². The van der Waals surface area contributed by atoms with Crippen LogP contribution >= 0.6 is 0 Å². The standard InChI is InChI=1S/C15H27N3O/c1-12-8-17(15(5,6)11-19-12)9-13-7-16-18(10-13)14(2,3)4/h7,10,12H,8-9,11H2,1-6H3. The van der Waals surface area contributed by atoms with E-state index < -0.39 is 0 Å². The Bertz CT molecular complexity index is 431. The fraction of sp³-hybridized carbons (Fsp3) is 0.800. The van der Waals surface area contributed by atoms with Gasteiger partial charge >= 0.3 is 0 Å². The van der Waals surface area contributed by atoms with Crippen LogP contribution in [-0.4, -0.2) is 39.5 Å². The van der Waals surface area contributed by atoms with Crippen LogP contribution in [0.5, 0.6) is 0 Å². The van der Waals surface area contributed by atoms with E-state index in [1.54, 1.807) is 0 Å². The number of aromatic nitrogens is 2. The fourth-order valence-electron chi connectivity index (χ4n) is 2.36. The van der Waals surface area contributed by atoms with Gasteiger partial charge in [0.15, 0.2) is 0 Å². The van der Waals surface area contributed by atoms with Crippen LogP contribution < -0.4 is 0 Å². The smallest absolute Gasteiger partial charge is 0.0675 e. The van der Waals surface area contributed by atoms with Gasteiger partial charge in [-0.15, -0.1) is 0 Å². The largest absolute Gasteiger partial charge is 0.375 e. The summed E-state index contributed by atoms with van der Waals surface area (Å²) in [7, 11) is 0. The van der Waals surface area contributed by atoms with Crippen molar-refractivity contribution in [1.82, 2.24) is 14.7 Å². The maximum atomic E-state index is 5.76. The molecule has 2 rings (SSSR count). The number of rotatable bonds is 2. The highest BCUT2D eigenvalue weighted by Gasteiger charge is 2.33. The zero-order chi connectivity index (χ0) is 14.3.